The van der Waals surface area contributed by atoms with Crippen LogP contribution in [0.2, 0.25) is 0 Å². The van der Waals surface area contributed by atoms with E-state index in [4.69, 9.17) is 9.47 Å². The molecule has 0 amide bonds. The highest BCUT2D eigenvalue weighted by atomic mass is 32.2. The monoisotopic (exact) mass is 552 g/mol. The molecule has 0 radical (unpaired) electrons. The molecule has 0 bridgehead atoms. The summed E-state index contributed by atoms with van der Waals surface area (Å²) in [5.41, 5.74) is 4.03. The first-order chi connectivity index (χ1) is 18.6. The summed E-state index contributed by atoms with van der Waals surface area (Å²) in [6.45, 7) is 8.36. The van der Waals surface area contributed by atoms with Gasteiger partial charge in [-0.05, 0) is 61.2 Å². The summed E-state index contributed by atoms with van der Waals surface area (Å²) < 4.78 is 41.9. The maximum Gasteiger partial charge on any atom is 0.306 e. The summed E-state index contributed by atoms with van der Waals surface area (Å²) in [5.74, 6) is -0.427. The van der Waals surface area contributed by atoms with Gasteiger partial charge < -0.3 is 14.0 Å². The van der Waals surface area contributed by atoms with Gasteiger partial charge in [0, 0.05) is 31.6 Å². The highest BCUT2D eigenvalue weighted by Gasteiger charge is 2.34. The molecule has 0 aliphatic carbocycles. The SMILES string of the molecule is CCC1CN(Cc2cc(C(CC(=O)OC)c3ccc(C(C)=O)n3CC)ccc2C)S(=O)(=O)c2ccccc2O1. The molecule has 2 aromatic carbocycles. The zero-order valence-electron chi connectivity index (χ0n) is 23.1. The van der Waals surface area contributed by atoms with Crippen LogP contribution >= 0.6 is 0 Å². The number of aromatic nitrogens is 1. The summed E-state index contributed by atoms with van der Waals surface area (Å²) in [7, 11) is -2.45. The molecule has 208 valence electrons. The molecular formula is C30H36N2O6S. The van der Waals surface area contributed by atoms with E-state index in [2.05, 4.69) is 0 Å². The minimum absolute atomic E-state index is 0.0520. The van der Waals surface area contributed by atoms with Gasteiger partial charge in [0.15, 0.2) is 5.78 Å². The Labute approximate surface area is 230 Å². The van der Waals surface area contributed by atoms with Gasteiger partial charge in [-0.2, -0.15) is 4.31 Å². The number of aryl methyl sites for hydroxylation is 1. The van der Waals surface area contributed by atoms with Crippen molar-refractivity contribution in [3.8, 4) is 5.75 Å². The van der Waals surface area contributed by atoms with Crippen molar-refractivity contribution in [3.63, 3.8) is 0 Å². The quantitative estimate of drug-likeness (QED) is 0.272. The summed E-state index contributed by atoms with van der Waals surface area (Å²) in [6.07, 6.45) is 0.464. The Bertz CT molecular complexity index is 1480. The van der Waals surface area contributed by atoms with Gasteiger partial charge >= 0.3 is 5.97 Å². The first kappa shape index (κ1) is 28.6. The molecule has 3 aromatic rings. The molecule has 2 heterocycles. The van der Waals surface area contributed by atoms with E-state index in [1.807, 2.05) is 49.6 Å². The fraction of sp³-hybridized carbons (Fsp3) is 0.400. The standard InChI is InChI=1S/C30H36N2O6S/c1-6-24-19-31(39(35,36)29-11-9-8-10-28(29)38-24)18-23-16-22(13-12-20(23)3)25(17-30(34)37-5)27-15-14-26(21(4)33)32(27)7-2/h8-16,24-25H,6-7,17-19H2,1-5H3. The Kier molecular flexibility index (Phi) is 8.61. The molecular weight excluding hydrogens is 516 g/mol. The van der Waals surface area contributed by atoms with Gasteiger partial charge in [0.25, 0.3) is 0 Å². The minimum atomic E-state index is -3.81. The van der Waals surface area contributed by atoms with E-state index in [0.29, 0.717) is 24.4 Å². The zero-order valence-corrected chi connectivity index (χ0v) is 24.0. The van der Waals surface area contributed by atoms with Crippen molar-refractivity contribution in [3.05, 3.63) is 82.7 Å². The number of rotatable bonds is 9. The fourth-order valence-corrected chi connectivity index (χ4v) is 6.73. The Morgan fingerprint density at radius 1 is 1.10 bits per heavy atom. The largest absolute Gasteiger partial charge is 0.488 e. The van der Waals surface area contributed by atoms with Crippen LogP contribution < -0.4 is 4.74 Å². The highest BCUT2D eigenvalue weighted by Crippen LogP contribution is 2.35. The number of fused-ring (bicyclic) bond motifs is 1. The molecule has 9 heteroatoms. The molecule has 1 aliphatic rings. The van der Waals surface area contributed by atoms with E-state index >= 15 is 0 Å². The molecule has 39 heavy (non-hydrogen) atoms. The van der Waals surface area contributed by atoms with Gasteiger partial charge in [0.2, 0.25) is 10.0 Å². The number of esters is 1. The van der Waals surface area contributed by atoms with E-state index in [1.165, 1.54) is 18.3 Å². The van der Waals surface area contributed by atoms with E-state index in [-0.39, 0.29) is 48.2 Å². The Morgan fingerprint density at radius 2 is 1.85 bits per heavy atom. The number of hydrogen-bond acceptors (Lipinski definition) is 6. The predicted octanol–water partition coefficient (Wildman–Crippen LogP) is 5.08. The van der Waals surface area contributed by atoms with Crippen LogP contribution in [-0.4, -0.2) is 48.8 Å². The van der Waals surface area contributed by atoms with Crippen LogP contribution in [0, 0.1) is 6.92 Å². The van der Waals surface area contributed by atoms with Gasteiger partial charge in [-0.25, -0.2) is 8.42 Å². The number of nitrogens with zero attached hydrogens (tertiary/aromatic N) is 2. The third-order valence-corrected chi connectivity index (χ3v) is 9.24. The van der Waals surface area contributed by atoms with Gasteiger partial charge in [0.1, 0.15) is 16.7 Å². The maximum atomic E-state index is 13.7. The van der Waals surface area contributed by atoms with Gasteiger partial charge in [-0.1, -0.05) is 37.3 Å². The van der Waals surface area contributed by atoms with E-state index < -0.39 is 10.0 Å². The van der Waals surface area contributed by atoms with Crippen LogP contribution in [-0.2, 0) is 32.6 Å². The lowest BCUT2D eigenvalue weighted by Gasteiger charge is -2.25. The number of sulfonamides is 1. The average molecular weight is 553 g/mol. The van der Waals surface area contributed by atoms with E-state index in [0.717, 1.165) is 22.4 Å². The smallest absolute Gasteiger partial charge is 0.306 e. The molecule has 0 N–H and O–H groups in total. The first-order valence-corrected chi connectivity index (χ1v) is 14.7. The number of methoxy groups -OCH3 is 1. The molecule has 2 unspecified atom stereocenters. The first-order valence-electron chi connectivity index (χ1n) is 13.2. The summed E-state index contributed by atoms with van der Waals surface area (Å²) >= 11 is 0. The number of ether oxygens (including phenoxy) is 2. The van der Waals surface area contributed by atoms with Crippen LogP contribution in [0.5, 0.6) is 5.75 Å². The number of para-hydroxylation sites is 1. The Morgan fingerprint density at radius 3 is 2.51 bits per heavy atom. The second-order valence-corrected chi connectivity index (χ2v) is 11.8. The fourth-order valence-electron chi connectivity index (χ4n) is 5.16. The molecule has 0 fully saturated rings. The molecule has 0 spiro atoms. The van der Waals surface area contributed by atoms with Crippen molar-refractivity contribution in [1.82, 2.24) is 8.87 Å². The summed E-state index contributed by atoms with van der Waals surface area (Å²) in [6, 6.07) is 16.3. The maximum absolute atomic E-state index is 13.7. The molecule has 0 saturated carbocycles. The van der Waals surface area contributed by atoms with E-state index in [1.54, 1.807) is 30.3 Å². The Hall–Kier alpha value is -3.43. The van der Waals surface area contributed by atoms with Crippen LogP contribution in [0.4, 0.5) is 0 Å². The highest BCUT2D eigenvalue weighted by molar-refractivity contribution is 7.89. The van der Waals surface area contributed by atoms with Gasteiger partial charge in [0.05, 0.1) is 25.8 Å². The van der Waals surface area contributed by atoms with E-state index in [9.17, 15) is 18.0 Å². The number of ketones is 1. The molecule has 1 aromatic heterocycles. The Balaban J connectivity index is 1.77. The lowest BCUT2D eigenvalue weighted by molar-refractivity contribution is -0.140. The normalized spacial score (nSPS) is 17.5. The summed E-state index contributed by atoms with van der Waals surface area (Å²) in [4.78, 5) is 24.9. The number of carbonyl (C=O) groups is 2. The topological polar surface area (TPSA) is 94.9 Å². The number of benzene rings is 2. The third kappa shape index (κ3) is 5.79. The molecule has 4 rings (SSSR count). The lowest BCUT2D eigenvalue weighted by Crippen LogP contribution is -2.36. The van der Waals surface area contributed by atoms with Crippen LogP contribution in [0.15, 0.2) is 59.5 Å². The van der Waals surface area contributed by atoms with Crippen molar-refractivity contribution in [2.45, 2.75) is 70.5 Å². The molecule has 1 aliphatic heterocycles. The van der Waals surface area contributed by atoms with Crippen LogP contribution in [0.3, 0.4) is 0 Å². The van der Waals surface area contributed by atoms with Crippen molar-refractivity contribution < 1.29 is 27.5 Å². The van der Waals surface area contributed by atoms with Crippen molar-refractivity contribution in [1.29, 1.82) is 0 Å². The number of carbonyl (C=O) groups excluding carboxylic acids is 2. The van der Waals surface area contributed by atoms with Gasteiger partial charge in [-0.3, -0.25) is 9.59 Å². The second kappa shape index (κ2) is 11.8. The lowest BCUT2D eigenvalue weighted by atomic mass is 9.90. The summed E-state index contributed by atoms with van der Waals surface area (Å²) in [5, 5.41) is 0. The second-order valence-electron chi connectivity index (χ2n) is 9.86. The predicted molar refractivity (Wildman–Crippen MR) is 149 cm³/mol. The molecule has 2 atom stereocenters. The average Bonchev–Trinajstić information content (AvgIpc) is 3.32. The van der Waals surface area contributed by atoms with Crippen molar-refractivity contribution in [2.24, 2.45) is 0 Å². The van der Waals surface area contributed by atoms with Crippen LogP contribution in [0.25, 0.3) is 0 Å². The van der Waals surface area contributed by atoms with Gasteiger partial charge in [-0.15, -0.1) is 0 Å². The molecule has 0 saturated heterocycles. The zero-order chi connectivity index (χ0) is 28.3. The molecule has 8 nitrogen and oxygen atoms in total. The number of Topliss-reactive ketones (excluding diaryl/α,β-unsaturated/α-hetero) is 1. The van der Waals surface area contributed by atoms with Crippen molar-refractivity contribution in [2.75, 3.05) is 13.7 Å². The minimum Gasteiger partial charge on any atom is -0.488 e. The number of hydrogen-bond donors (Lipinski definition) is 0. The van der Waals surface area contributed by atoms with Crippen molar-refractivity contribution >= 4 is 21.8 Å². The van der Waals surface area contributed by atoms with Crippen LogP contribution in [0.1, 0.15) is 72.4 Å². The third-order valence-electron chi connectivity index (χ3n) is 7.39.